The fourth-order valence-corrected chi connectivity index (χ4v) is 1.96. The van der Waals surface area contributed by atoms with E-state index in [2.05, 4.69) is 27.9 Å². The Labute approximate surface area is 136 Å². The van der Waals surface area contributed by atoms with Crippen LogP contribution in [0.4, 0.5) is 5.69 Å². The fraction of sp³-hybridized carbons (Fsp3) is 0.294. The third kappa shape index (κ3) is 5.18. The summed E-state index contributed by atoms with van der Waals surface area (Å²) in [7, 11) is 1.75. The van der Waals surface area contributed by atoms with E-state index in [0.29, 0.717) is 12.3 Å². The molecule has 0 aliphatic heterocycles. The van der Waals surface area contributed by atoms with Crippen LogP contribution >= 0.6 is 0 Å². The molecule has 0 aliphatic rings. The van der Waals surface area contributed by atoms with Crippen LogP contribution < -0.4 is 16.0 Å². The van der Waals surface area contributed by atoms with Gasteiger partial charge in [-0.3, -0.25) is 9.79 Å². The first-order valence-corrected chi connectivity index (χ1v) is 7.61. The minimum atomic E-state index is -0.259. The predicted octanol–water partition coefficient (Wildman–Crippen LogP) is 2.61. The number of anilines is 1. The molecule has 122 valence electrons. The minimum Gasteiger partial charge on any atom is -0.459 e. The standard InChI is InChI=1S/C17H22N4O2/c1-3-10-19-17(18-2)20-12-13-6-8-14(9-7-13)21-16(22)15-5-4-11-23-15/h4-9,11H,3,10,12H2,1-2H3,(H,21,22)(H2,18,19,20). The number of hydrogen-bond donors (Lipinski definition) is 3. The van der Waals surface area contributed by atoms with E-state index >= 15 is 0 Å². The molecule has 1 amide bonds. The SMILES string of the molecule is CCCNC(=NC)NCc1ccc(NC(=O)c2ccco2)cc1. The van der Waals surface area contributed by atoms with Crippen LogP contribution in [0.15, 0.2) is 52.1 Å². The molecule has 0 bridgehead atoms. The van der Waals surface area contributed by atoms with Gasteiger partial charge in [-0.15, -0.1) is 0 Å². The molecule has 6 heteroatoms. The van der Waals surface area contributed by atoms with Crippen molar-refractivity contribution in [2.24, 2.45) is 4.99 Å². The van der Waals surface area contributed by atoms with Gasteiger partial charge in [0.1, 0.15) is 0 Å². The summed E-state index contributed by atoms with van der Waals surface area (Å²) in [5.41, 5.74) is 1.82. The second kappa shape index (κ2) is 8.63. The van der Waals surface area contributed by atoms with Crippen molar-refractivity contribution in [3.05, 3.63) is 54.0 Å². The maximum absolute atomic E-state index is 11.9. The van der Waals surface area contributed by atoms with Gasteiger partial charge in [0.15, 0.2) is 11.7 Å². The molecule has 1 aromatic heterocycles. The number of guanidine groups is 1. The highest BCUT2D eigenvalue weighted by Crippen LogP contribution is 2.11. The molecule has 6 nitrogen and oxygen atoms in total. The van der Waals surface area contributed by atoms with Crippen molar-refractivity contribution in [3.8, 4) is 0 Å². The van der Waals surface area contributed by atoms with E-state index in [1.165, 1.54) is 6.26 Å². The predicted molar refractivity (Wildman–Crippen MR) is 91.6 cm³/mol. The lowest BCUT2D eigenvalue weighted by atomic mass is 10.2. The smallest absolute Gasteiger partial charge is 0.291 e. The van der Waals surface area contributed by atoms with Crippen LogP contribution in [0.3, 0.4) is 0 Å². The number of benzene rings is 1. The Hall–Kier alpha value is -2.76. The van der Waals surface area contributed by atoms with E-state index < -0.39 is 0 Å². The highest BCUT2D eigenvalue weighted by molar-refractivity contribution is 6.02. The summed E-state index contributed by atoms with van der Waals surface area (Å²) in [6, 6.07) is 10.9. The van der Waals surface area contributed by atoms with E-state index in [1.54, 1.807) is 19.2 Å². The molecule has 0 saturated heterocycles. The maximum Gasteiger partial charge on any atom is 0.291 e. The quantitative estimate of drug-likeness (QED) is 0.566. The molecule has 3 N–H and O–H groups in total. The number of carbonyl (C=O) groups is 1. The van der Waals surface area contributed by atoms with Crippen LogP contribution in [0.25, 0.3) is 0 Å². The fourth-order valence-electron chi connectivity index (χ4n) is 1.96. The Morgan fingerprint density at radius 2 is 1.96 bits per heavy atom. The zero-order valence-electron chi connectivity index (χ0n) is 13.4. The van der Waals surface area contributed by atoms with Gasteiger partial charge in [0.2, 0.25) is 0 Å². The Morgan fingerprint density at radius 3 is 2.57 bits per heavy atom. The van der Waals surface area contributed by atoms with Gasteiger partial charge in [0.05, 0.1) is 6.26 Å². The molecular formula is C17H22N4O2. The average Bonchev–Trinajstić information content (AvgIpc) is 3.11. The second-order valence-corrected chi connectivity index (χ2v) is 4.98. The van der Waals surface area contributed by atoms with E-state index in [9.17, 15) is 4.79 Å². The lowest BCUT2D eigenvalue weighted by molar-refractivity contribution is 0.0996. The summed E-state index contributed by atoms with van der Waals surface area (Å²) in [6.45, 7) is 3.66. The van der Waals surface area contributed by atoms with Gasteiger partial charge in [-0.2, -0.15) is 0 Å². The number of rotatable bonds is 6. The molecule has 0 saturated carbocycles. The van der Waals surface area contributed by atoms with E-state index in [4.69, 9.17) is 4.42 Å². The van der Waals surface area contributed by atoms with Gasteiger partial charge in [-0.05, 0) is 36.2 Å². The third-order valence-corrected chi connectivity index (χ3v) is 3.18. The van der Waals surface area contributed by atoms with Crippen molar-refractivity contribution >= 4 is 17.6 Å². The maximum atomic E-state index is 11.9. The Morgan fingerprint density at radius 1 is 1.17 bits per heavy atom. The number of aliphatic imine (C=N–C) groups is 1. The number of nitrogens with one attached hydrogen (secondary N) is 3. The molecule has 2 aromatic rings. The van der Waals surface area contributed by atoms with Gasteiger partial charge < -0.3 is 20.4 Å². The van der Waals surface area contributed by atoms with Crippen molar-refractivity contribution < 1.29 is 9.21 Å². The van der Waals surface area contributed by atoms with Gasteiger partial charge in [-0.25, -0.2) is 0 Å². The summed E-state index contributed by atoms with van der Waals surface area (Å²) in [5.74, 6) is 0.814. The molecule has 0 spiro atoms. The van der Waals surface area contributed by atoms with Crippen LogP contribution in [0, 0.1) is 0 Å². The molecule has 23 heavy (non-hydrogen) atoms. The topological polar surface area (TPSA) is 78.7 Å². The third-order valence-electron chi connectivity index (χ3n) is 3.18. The molecule has 0 atom stereocenters. The first-order chi connectivity index (χ1) is 11.2. The van der Waals surface area contributed by atoms with Gasteiger partial charge >= 0.3 is 0 Å². The monoisotopic (exact) mass is 314 g/mol. The lowest BCUT2D eigenvalue weighted by Crippen LogP contribution is -2.37. The summed E-state index contributed by atoms with van der Waals surface area (Å²) in [4.78, 5) is 16.0. The molecule has 1 heterocycles. The second-order valence-electron chi connectivity index (χ2n) is 4.98. The zero-order chi connectivity index (χ0) is 16.5. The van der Waals surface area contributed by atoms with Crippen LogP contribution in [-0.4, -0.2) is 25.5 Å². The highest BCUT2D eigenvalue weighted by Gasteiger charge is 2.08. The molecular weight excluding hydrogens is 292 g/mol. The summed E-state index contributed by atoms with van der Waals surface area (Å²) >= 11 is 0. The Bertz CT molecular complexity index is 633. The van der Waals surface area contributed by atoms with E-state index in [0.717, 1.165) is 30.2 Å². The number of hydrogen-bond acceptors (Lipinski definition) is 3. The molecule has 2 rings (SSSR count). The molecule has 0 aliphatic carbocycles. The lowest BCUT2D eigenvalue weighted by Gasteiger charge is -2.11. The van der Waals surface area contributed by atoms with Crippen LogP contribution in [-0.2, 0) is 6.54 Å². The van der Waals surface area contributed by atoms with Crippen molar-refractivity contribution in [1.82, 2.24) is 10.6 Å². The van der Waals surface area contributed by atoms with Gasteiger partial charge in [0.25, 0.3) is 5.91 Å². The van der Waals surface area contributed by atoms with Crippen LogP contribution in [0.5, 0.6) is 0 Å². The number of amides is 1. The highest BCUT2D eigenvalue weighted by atomic mass is 16.3. The molecule has 0 radical (unpaired) electrons. The first-order valence-electron chi connectivity index (χ1n) is 7.61. The van der Waals surface area contributed by atoms with Crippen LogP contribution in [0.2, 0.25) is 0 Å². The number of nitrogens with zero attached hydrogens (tertiary/aromatic N) is 1. The van der Waals surface area contributed by atoms with E-state index in [1.807, 2.05) is 24.3 Å². The van der Waals surface area contributed by atoms with Crippen molar-refractivity contribution in [2.75, 3.05) is 18.9 Å². The Balaban J connectivity index is 1.86. The van der Waals surface area contributed by atoms with Crippen LogP contribution in [0.1, 0.15) is 29.5 Å². The van der Waals surface area contributed by atoms with Crippen molar-refractivity contribution in [1.29, 1.82) is 0 Å². The number of carbonyl (C=O) groups excluding carboxylic acids is 1. The van der Waals surface area contributed by atoms with Gasteiger partial charge in [-0.1, -0.05) is 19.1 Å². The largest absolute Gasteiger partial charge is 0.459 e. The molecule has 1 aromatic carbocycles. The Kier molecular flexibility index (Phi) is 6.23. The van der Waals surface area contributed by atoms with E-state index in [-0.39, 0.29) is 5.91 Å². The summed E-state index contributed by atoms with van der Waals surface area (Å²) in [6.07, 6.45) is 2.52. The molecule has 0 fully saturated rings. The number of furan rings is 1. The van der Waals surface area contributed by atoms with Crippen molar-refractivity contribution in [2.45, 2.75) is 19.9 Å². The normalized spacial score (nSPS) is 11.1. The van der Waals surface area contributed by atoms with Crippen molar-refractivity contribution in [3.63, 3.8) is 0 Å². The summed E-state index contributed by atoms with van der Waals surface area (Å²) in [5, 5.41) is 9.24. The van der Waals surface area contributed by atoms with Gasteiger partial charge in [0, 0.05) is 25.8 Å². The molecule has 0 unspecified atom stereocenters. The minimum absolute atomic E-state index is 0.259. The first kappa shape index (κ1) is 16.6. The average molecular weight is 314 g/mol. The zero-order valence-corrected chi connectivity index (χ0v) is 13.4. The summed E-state index contributed by atoms with van der Waals surface area (Å²) < 4.78 is 5.06.